The summed E-state index contributed by atoms with van der Waals surface area (Å²) >= 11 is 0. The van der Waals surface area contributed by atoms with Gasteiger partial charge in [-0.05, 0) is 35.7 Å². The number of aromatic hydroxyl groups is 1. The van der Waals surface area contributed by atoms with Crippen LogP contribution in [0.25, 0.3) is 0 Å². The molecule has 0 aliphatic carbocycles. The average Bonchev–Trinajstić information content (AvgIpc) is 2.22. The Bertz CT molecular complexity index is 448. The number of anilines is 1. The molecule has 0 aromatic heterocycles. The predicted octanol–water partition coefficient (Wildman–Crippen LogP) is 2.37. The van der Waals surface area contributed by atoms with Crippen LogP contribution in [-0.4, -0.2) is 5.11 Å². The molecule has 75 valence electrons. The fourth-order valence-electron chi connectivity index (χ4n) is 1.49. The van der Waals surface area contributed by atoms with Crippen LogP contribution in [0.1, 0.15) is 11.1 Å². The normalized spacial score (nSPS) is 10.1. The summed E-state index contributed by atoms with van der Waals surface area (Å²) in [5, 5.41) is 9.14. The van der Waals surface area contributed by atoms with E-state index in [9.17, 15) is 0 Å². The molecule has 1 radical (unpaired) electrons. The first kappa shape index (κ1) is 9.59. The molecule has 0 fully saturated rings. The van der Waals surface area contributed by atoms with Crippen molar-refractivity contribution in [1.29, 1.82) is 0 Å². The predicted molar refractivity (Wildman–Crippen MR) is 60.6 cm³/mol. The minimum absolute atomic E-state index is 0.291. The van der Waals surface area contributed by atoms with E-state index in [1.54, 1.807) is 12.1 Å². The fourth-order valence-corrected chi connectivity index (χ4v) is 1.49. The summed E-state index contributed by atoms with van der Waals surface area (Å²) in [7, 11) is 0. The summed E-state index contributed by atoms with van der Waals surface area (Å²) in [6.45, 7) is 0. The summed E-state index contributed by atoms with van der Waals surface area (Å²) < 4.78 is 0. The molecule has 2 rings (SSSR count). The van der Waals surface area contributed by atoms with E-state index in [-0.39, 0.29) is 0 Å². The van der Waals surface area contributed by atoms with Crippen molar-refractivity contribution in [3.63, 3.8) is 0 Å². The van der Waals surface area contributed by atoms with Gasteiger partial charge in [-0.2, -0.15) is 0 Å². The maximum Gasteiger partial charge on any atom is 0.115 e. The lowest BCUT2D eigenvalue weighted by Gasteiger charge is -2.02. The van der Waals surface area contributed by atoms with Crippen LogP contribution in [0.2, 0.25) is 0 Å². The van der Waals surface area contributed by atoms with Gasteiger partial charge in [0, 0.05) is 11.8 Å². The Kier molecular flexibility index (Phi) is 2.59. The van der Waals surface area contributed by atoms with E-state index >= 15 is 0 Å². The SMILES string of the molecule is Nc1[c]ccc(Cc2ccc(O)cc2)c1. The molecule has 0 saturated carbocycles. The zero-order chi connectivity index (χ0) is 10.7. The lowest BCUT2D eigenvalue weighted by molar-refractivity contribution is 0.475. The molecule has 0 bridgehead atoms. The first-order valence-corrected chi connectivity index (χ1v) is 4.78. The number of phenolic OH excluding ortho intramolecular Hbond substituents is 1. The Morgan fingerprint density at radius 3 is 2.47 bits per heavy atom. The number of rotatable bonds is 2. The monoisotopic (exact) mass is 198 g/mol. The first-order chi connectivity index (χ1) is 7.24. The highest BCUT2D eigenvalue weighted by molar-refractivity contribution is 5.41. The fraction of sp³-hybridized carbons (Fsp3) is 0.0769. The van der Waals surface area contributed by atoms with Crippen LogP contribution < -0.4 is 5.73 Å². The van der Waals surface area contributed by atoms with Gasteiger partial charge < -0.3 is 10.8 Å². The van der Waals surface area contributed by atoms with Crippen molar-refractivity contribution >= 4 is 5.69 Å². The van der Waals surface area contributed by atoms with Crippen LogP contribution in [0.15, 0.2) is 42.5 Å². The Labute approximate surface area is 89.0 Å². The molecule has 0 unspecified atom stereocenters. The van der Waals surface area contributed by atoms with Gasteiger partial charge in [0.15, 0.2) is 0 Å². The minimum Gasteiger partial charge on any atom is -0.508 e. The number of hydrogen-bond acceptors (Lipinski definition) is 2. The van der Waals surface area contributed by atoms with Gasteiger partial charge in [0.05, 0.1) is 0 Å². The first-order valence-electron chi connectivity index (χ1n) is 4.78. The van der Waals surface area contributed by atoms with E-state index in [4.69, 9.17) is 10.8 Å². The lowest BCUT2D eigenvalue weighted by Crippen LogP contribution is -1.90. The van der Waals surface area contributed by atoms with Crippen molar-refractivity contribution in [3.8, 4) is 5.75 Å². The largest absolute Gasteiger partial charge is 0.508 e. The quantitative estimate of drug-likeness (QED) is 0.728. The van der Waals surface area contributed by atoms with Crippen LogP contribution in [0.3, 0.4) is 0 Å². The lowest BCUT2D eigenvalue weighted by atomic mass is 10.0. The summed E-state index contributed by atoms with van der Waals surface area (Å²) in [5.41, 5.74) is 8.60. The van der Waals surface area contributed by atoms with Crippen LogP contribution >= 0.6 is 0 Å². The van der Waals surface area contributed by atoms with Crippen LogP contribution in [0.5, 0.6) is 5.75 Å². The van der Waals surface area contributed by atoms with Gasteiger partial charge in [0.25, 0.3) is 0 Å². The average molecular weight is 198 g/mol. The molecule has 2 heteroatoms. The summed E-state index contributed by atoms with van der Waals surface area (Å²) in [4.78, 5) is 0. The molecule has 2 aromatic rings. The second kappa shape index (κ2) is 4.05. The molecule has 3 N–H and O–H groups in total. The Hall–Kier alpha value is -1.96. The second-order valence-electron chi connectivity index (χ2n) is 3.50. The highest BCUT2D eigenvalue weighted by atomic mass is 16.3. The van der Waals surface area contributed by atoms with Gasteiger partial charge in [-0.15, -0.1) is 0 Å². The van der Waals surface area contributed by atoms with Gasteiger partial charge in [-0.25, -0.2) is 0 Å². The second-order valence-corrected chi connectivity index (χ2v) is 3.50. The van der Waals surface area contributed by atoms with E-state index in [0.29, 0.717) is 11.4 Å². The van der Waals surface area contributed by atoms with E-state index in [1.165, 1.54) is 0 Å². The zero-order valence-corrected chi connectivity index (χ0v) is 8.27. The molecule has 0 saturated heterocycles. The number of hydrogen-bond donors (Lipinski definition) is 2. The van der Waals surface area contributed by atoms with Gasteiger partial charge in [-0.1, -0.05) is 24.3 Å². The van der Waals surface area contributed by atoms with E-state index in [1.807, 2.05) is 30.3 Å². The van der Waals surface area contributed by atoms with Gasteiger partial charge in [0.1, 0.15) is 5.75 Å². The topological polar surface area (TPSA) is 46.2 Å². The summed E-state index contributed by atoms with van der Waals surface area (Å²) in [6, 6.07) is 15.8. The molecule has 15 heavy (non-hydrogen) atoms. The van der Waals surface area contributed by atoms with Crippen molar-refractivity contribution in [2.75, 3.05) is 5.73 Å². The number of nitrogen functional groups attached to an aromatic ring is 1. The van der Waals surface area contributed by atoms with E-state index in [0.717, 1.165) is 17.5 Å². The third-order valence-electron chi connectivity index (χ3n) is 2.23. The highest BCUT2D eigenvalue weighted by Crippen LogP contribution is 2.15. The van der Waals surface area contributed by atoms with Crippen LogP contribution in [0, 0.1) is 6.07 Å². The molecule has 0 aliphatic heterocycles. The van der Waals surface area contributed by atoms with Crippen molar-refractivity contribution in [1.82, 2.24) is 0 Å². The van der Waals surface area contributed by atoms with Crippen molar-refractivity contribution in [2.45, 2.75) is 6.42 Å². The summed E-state index contributed by atoms with van der Waals surface area (Å²) in [5.74, 6) is 0.291. The molecular weight excluding hydrogens is 186 g/mol. The third-order valence-corrected chi connectivity index (χ3v) is 2.23. The van der Waals surface area contributed by atoms with E-state index < -0.39 is 0 Å². The molecule has 2 aromatic carbocycles. The number of benzene rings is 2. The summed E-state index contributed by atoms with van der Waals surface area (Å²) in [6.07, 6.45) is 0.819. The molecule has 0 atom stereocenters. The highest BCUT2D eigenvalue weighted by Gasteiger charge is 1.97. The molecular formula is C13H12NO. The van der Waals surface area contributed by atoms with Crippen molar-refractivity contribution in [2.24, 2.45) is 0 Å². The van der Waals surface area contributed by atoms with Crippen LogP contribution in [0.4, 0.5) is 5.69 Å². The molecule has 0 amide bonds. The zero-order valence-electron chi connectivity index (χ0n) is 8.27. The molecule has 0 spiro atoms. The minimum atomic E-state index is 0.291. The number of phenols is 1. The smallest absolute Gasteiger partial charge is 0.115 e. The Balaban J connectivity index is 2.18. The Morgan fingerprint density at radius 2 is 1.80 bits per heavy atom. The Morgan fingerprint density at radius 1 is 1.07 bits per heavy atom. The third kappa shape index (κ3) is 2.50. The van der Waals surface area contributed by atoms with Crippen molar-refractivity contribution in [3.05, 3.63) is 59.7 Å². The molecule has 2 nitrogen and oxygen atoms in total. The van der Waals surface area contributed by atoms with E-state index in [2.05, 4.69) is 6.07 Å². The van der Waals surface area contributed by atoms with Crippen molar-refractivity contribution < 1.29 is 5.11 Å². The maximum absolute atomic E-state index is 9.14. The van der Waals surface area contributed by atoms with Gasteiger partial charge >= 0.3 is 0 Å². The van der Waals surface area contributed by atoms with Gasteiger partial charge in [-0.3, -0.25) is 0 Å². The maximum atomic E-state index is 9.14. The molecule has 0 heterocycles. The number of nitrogens with two attached hydrogens (primary N) is 1. The van der Waals surface area contributed by atoms with Crippen LogP contribution in [-0.2, 0) is 6.42 Å². The van der Waals surface area contributed by atoms with Gasteiger partial charge in [0.2, 0.25) is 0 Å². The standard InChI is InChI=1S/C13H12NO/c14-12-3-1-2-11(9-12)8-10-4-6-13(15)7-5-10/h1-2,4-7,9,15H,8,14H2. The molecule has 0 aliphatic rings.